The maximum atomic E-state index is 14.2. The van der Waals surface area contributed by atoms with Crippen molar-refractivity contribution in [3.8, 4) is 0 Å². The van der Waals surface area contributed by atoms with Crippen LogP contribution in [0.15, 0.2) is 24.5 Å². The Morgan fingerprint density at radius 1 is 1.38 bits per heavy atom. The monoisotopic (exact) mass is 522 g/mol. The second-order valence-electron chi connectivity index (χ2n) is 7.83. The van der Waals surface area contributed by atoms with Crippen molar-refractivity contribution >= 4 is 39.5 Å². The van der Waals surface area contributed by atoms with Crippen LogP contribution in [0.25, 0.3) is 11.0 Å². The first-order chi connectivity index (χ1) is 13.7. The Morgan fingerprint density at radius 2 is 2.14 bits per heavy atom. The van der Waals surface area contributed by atoms with Crippen LogP contribution in [0.3, 0.4) is 0 Å². The van der Waals surface area contributed by atoms with Crippen LogP contribution in [0.4, 0.5) is 13.2 Å². The molecule has 1 amide bonds. The normalized spacial score (nSPS) is 26.1. The van der Waals surface area contributed by atoms with Crippen molar-refractivity contribution in [1.82, 2.24) is 20.2 Å². The molecule has 3 heterocycles. The lowest BCUT2D eigenvalue weighted by atomic mass is 9.80. The lowest BCUT2D eigenvalue weighted by Gasteiger charge is -2.49. The number of rotatable bonds is 4. The number of piperidine rings is 1. The first kappa shape index (κ1) is 20.9. The molecule has 3 atom stereocenters. The summed E-state index contributed by atoms with van der Waals surface area (Å²) in [5.74, 6) is -1.73. The van der Waals surface area contributed by atoms with E-state index in [0.717, 1.165) is 0 Å². The Balaban J connectivity index is 1.58. The van der Waals surface area contributed by atoms with E-state index in [2.05, 4.69) is 20.2 Å². The number of imidazole rings is 1. The highest BCUT2D eigenvalue weighted by molar-refractivity contribution is 14.1. The number of nitrogens with one attached hydrogen (secondary N) is 2. The third-order valence-corrected chi connectivity index (χ3v) is 7.67. The van der Waals surface area contributed by atoms with Crippen molar-refractivity contribution in [1.29, 1.82) is 0 Å². The van der Waals surface area contributed by atoms with E-state index in [-0.39, 0.29) is 11.5 Å². The van der Waals surface area contributed by atoms with Gasteiger partial charge in [-0.25, -0.2) is 4.98 Å². The van der Waals surface area contributed by atoms with Gasteiger partial charge in [-0.05, 0) is 53.6 Å². The molecule has 2 aliphatic rings. The summed E-state index contributed by atoms with van der Waals surface area (Å²) in [5.41, 5.74) is 1.10. The number of nitrogens with zero attached hydrogens (tertiary/aromatic N) is 2. The summed E-state index contributed by atoms with van der Waals surface area (Å²) in [7, 11) is 0. The number of H-pyrrole nitrogens is 1. The number of aromatic amines is 1. The summed E-state index contributed by atoms with van der Waals surface area (Å²) in [6.07, 6.45) is -2.82. The number of alkyl halides is 4. The second-order valence-corrected chi connectivity index (χ2v) is 9.53. The Hall–Kier alpha value is -1.40. The van der Waals surface area contributed by atoms with Crippen LogP contribution in [0.1, 0.15) is 23.7 Å². The number of hydrogen-bond acceptors (Lipinski definition) is 4. The molecule has 6 nitrogen and oxygen atoms in total. The van der Waals surface area contributed by atoms with Gasteiger partial charge in [0.2, 0.25) is 0 Å². The predicted molar refractivity (Wildman–Crippen MR) is 110 cm³/mol. The van der Waals surface area contributed by atoms with Gasteiger partial charge in [-0.3, -0.25) is 9.69 Å². The molecule has 29 heavy (non-hydrogen) atoms. The fourth-order valence-corrected chi connectivity index (χ4v) is 5.46. The molecule has 0 aliphatic carbocycles. The zero-order valence-electron chi connectivity index (χ0n) is 15.8. The number of halogens is 4. The summed E-state index contributed by atoms with van der Waals surface area (Å²) in [6.45, 7) is 4.22. The van der Waals surface area contributed by atoms with Crippen molar-refractivity contribution in [2.24, 2.45) is 11.8 Å². The van der Waals surface area contributed by atoms with Crippen molar-refractivity contribution in [3.05, 3.63) is 30.1 Å². The number of amides is 1. The Labute approximate surface area is 179 Å². The van der Waals surface area contributed by atoms with Gasteiger partial charge >= 0.3 is 6.18 Å². The average Bonchev–Trinajstić information content (AvgIpc) is 3.07. The molecule has 1 aromatic carbocycles. The number of benzene rings is 1. The minimum atomic E-state index is -4.59. The standard InChI is InChI=1S/C19H22F3IN4O2/c1-11-7-27(12-8-29-9-12)6-5-14(11)18(23,19(20,21)22)26-17(28)13-3-2-4-15-16(13)25-10-24-15/h2-4,10-12,14H,5-9H2,1H3,(H,24,25)(H,26,28)/t11-,14+,18?/m1/s1. The molecular weight excluding hydrogens is 500 g/mol. The van der Waals surface area contributed by atoms with E-state index in [4.69, 9.17) is 4.74 Å². The van der Waals surface area contributed by atoms with Gasteiger partial charge in [-0.2, -0.15) is 13.2 Å². The minimum Gasteiger partial charge on any atom is -0.378 e. The SMILES string of the molecule is C[C@@H]1CN(C2COC2)CC[C@@H]1C(I)(NC(=O)c1cccc2[nH]cnc12)C(F)(F)F. The molecule has 2 aliphatic heterocycles. The number of likely N-dealkylation sites (tertiary alicyclic amines) is 1. The zero-order valence-corrected chi connectivity index (χ0v) is 18.0. The van der Waals surface area contributed by atoms with Gasteiger partial charge in [0, 0.05) is 12.5 Å². The van der Waals surface area contributed by atoms with E-state index in [1.54, 1.807) is 12.1 Å². The number of fused-ring (bicyclic) bond motifs is 1. The molecule has 0 bridgehead atoms. The molecule has 4 rings (SSSR count). The number of carbonyl (C=O) groups is 1. The van der Waals surface area contributed by atoms with Crippen LogP contribution in [0, 0.1) is 11.8 Å². The van der Waals surface area contributed by atoms with E-state index in [1.807, 2.05) is 6.92 Å². The highest BCUT2D eigenvalue weighted by Gasteiger charge is 2.60. The Kier molecular flexibility index (Phi) is 5.53. The summed E-state index contributed by atoms with van der Waals surface area (Å²) in [6, 6.07) is 5.14. The number of ether oxygens (including phenoxy) is 1. The first-order valence-electron chi connectivity index (χ1n) is 9.52. The number of carbonyl (C=O) groups excluding carboxylic acids is 1. The predicted octanol–water partition coefficient (Wildman–Crippen LogP) is 3.34. The van der Waals surface area contributed by atoms with Crippen LogP contribution in [-0.4, -0.2) is 62.8 Å². The van der Waals surface area contributed by atoms with Crippen molar-refractivity contribution in [2.45, 2.75) is 29.1 Å². The first-order valence-corrected chi connectivity index (χ1v) is 10.6. The van der Waals surface area contributed by atoms with Crippen LogP contribution in [0.2, 0.25) is 0 Å². The molecule has 158 valence electrons. The fraction of sp³-hybridized carbons (Fsp3) is 0.579. The molecule has 10 heteroatoms. The topological polar surface area (TPSA) is 70.2 Å². The third kappa shape index (κ3) is 3.74. The zero-order chi connectivity index (χ0) is 20.8. The van der Waals surface area contributed by atoms with Gasteiger partial charge in [0.25, 0.3) is 5.91 Å². The number of aromatic nitrogens is 2. The lowest BCUT2D eigenvalue weighted by Crippen LogP contribution is -2.64. The third-order valence-electron chi connectivity index (χ3n) is 5.99. The van der Waals surface area contributed by atoms with Crippen LogP contribution >= 0.6 is 22.6 Å². The molecule has 2 fully saturated rings. The Bertz CT molecular complexity index is 901. The summed E-state index contributed by atoms with van der Waals surface area (Å²) in [4.78, 5) is 22.1. The highest BCUT2D eigenvalue weighted by Crippen LogP contribution is 2.48. The van der Waals surface area contributed by atoms with Crippen LogP contribution in [-0.2, 0) is 4.74 Å². The maximum Gasteiger partial charge on any atom is 0.421 e. The van der Waals surface area contributed by atoms with E-state index in [0.29, 0.717) is 49.8 Å². The molecule has 1 unspecified atom stereocenters. The van der Waals surface area contributed by atoms with E-state index >= 15 is 0 Å². The molecule has 1 aromatic heterocycles. The highest BCUT2D eigenvalue weighted by atomic mass is 127. The fourth-order valence-electron chi connectivity index (χ4n) is 4.29. The van der Waals surface area contributed by atoms with Gasteiger partial charge in [0.15, 0.2) is 3.55 Å². The van der Waals surface area contributed by atoms with E-state index in [9.17, 15) is 18.0 Å². The number of hydrogen-bond donors (Lipinski definition) is 2. The van der Waals surface area contributed by atoms with Gasteiger partial charge < -0.3 is 15.0 Å². The summed E-state index contributed by atoms with van der Waals surface area (Å²) in [5, 5.41) is 2.33. The Morgan fingerprint density at radius 3 is 2.76 bits per heavy atom. The lowest BCUT2D eigenvalue weighted by molar-refractivity contribution is -0.183. The molecule has 0 radical (unpaired) electrons. The second kappa shape index (κ2) is 7.69. The quantitative estimate of drug-likeness (QED) is 0.368. The molecular formula is C19H22F3IN4O2. The molecule has 2 saturated heterocycles. The largest absolute Gasteiger partial charge is 0.421 e. The van der Waals surface area contributed by atoms with E-state index < -0.39 is 21.5 Å². The maximum absolute atomic E-state index is 14.2. The molecule has 0 saturated carbocycles. The van der Waals surface area contributed by atoms with E-state index in [1.165, 1.54) is 35.0 Å². The molecule has 0 spiro atoms. The summed E-state index contributed by atoms with van der Waals surface area (Å²) >= 11 is 1.40. The van der Waals surface area contributed by atoms with Crippen LogP contribution in [0.5, 0.6) is 0 Å². The van der Waals surface area contributed by atoms with Gasteiger partial charge in [-0.15, -0.1) is 0 Å². The smallest absolute Gasteiger partial charge is 0.378 e. The number of para-hydroxylation sites is 1. The van der Waals surface area contributed by atoms with Gasteiger partial charge in [0.05, 0.1) is 36.7 Å². The van der Waals surface area contributed by atoms with Gasteiger partial charge in [0.1, 0.15) is 5.52 Å². The van der Waals surface area contributed by atoms with Gasteiger partial charge in [-0.1, -0.05) is 13.0 Å². The van der Waals surface area contributed by atoms with Crippen molar-refractivity contribution < 1.29 is 22.7 Å². The summed E-state index contributed by atoms with van der Waals surface area (Å²) < 4.78 is 45.6. The van der Waals surface area contributed by atoms with Crippen molar-refractivity contribution in [3.63, 3.8) is 0 Å². The average molecular weight is 522 g/mol. The molecule has 2 aromatic rings. The van der Waals surface area contributed by atoms with Crippen molar-refractivity contribution in [2.75, 3.05) is 26.3 Å². The molecule has 2 N–H and O–H groups in total. The van der Waals surface area contributed by atoms with Crippen LogP contribution < -0.4 is 5.32 Å². The minimum absolute atomic E-state index is 0.130.